The predicted octanol–water partition coefficient (Wildman–Crippen LogP) is 1.84. The van der Waals surface area contributed by atoms with Crippen molar-refractivity contribution < 1.29 is 0 Å². The number of nitrogens with zero attached hydrogens (tertiary/aromatic N) is 1. The first-order valence-corrected chi connectivity index (χ1v) is 4.88. The van der Waals surface area contributed by atoms with E-state index in [9.17, 15) is 4.79 Å². The largest absolute Gasteiger partial charge is 0.359 e. The Labute approximate surface area is 88.5 Å². The van der Waals surface area contributed by atoms with E-state index in [1.807, 2.05) is 12.1 Å². The van der Waals surface area contributed by atoms with Crippen LogP contribution >= 0.6 is 15.9 Å². The molecular weight excluding hydrogens is 246 g/mol. The minimum absolute atomic E-state index is 0.165. The van der Waals surface area contributed by atoms with Gasteiger partial charge in [0.05, 0.1) is 11.4 Å². The Morgan fingerprint density at radius 2 is 2.29 bits per heavy atom. The number of aromatic amines is 2. The van der Waals surface area contributed by atoms with Crippen molar-refractivity contribution in [2.45, 2.75) is 6.92 Å². The summed E-state index contributed by atoms with van der Waals surface area (Å²) >= 11 is 3.16. The third-order valence-electron chi connectivity index (χ3n) is 1.88. The zero-order valence-electron chi connectivity index (χ0n) is 7.47. The fourth-order valence-electron chi connectivity index (χ4n) is 1.18. The molecule has 0 atom stereocenters. The number of aryl methyl sites for hydroxylation is 1. The van der Waals surface area contributed by atoms with Gasteiger partial charge in [-0.3, -0.25) is 4.79 Å². The van der Waals surface area contributed by atoms with Gasteiger partial charge in [-0.2, -0.15) is 0 Å². The zero-order valence-corrected chi connectivity index (χ0v) is 9.05. The number of rotatable bonds is 1. The molecule has 0 aliphatic heterocycles. The highest BCUT2D eigenvalue weighted by Gasteiger charge is 2.06. The molecule has 0 aromatic carbocycles. The highest BCUT2D eigenvalue weighted by molar-refractivity contribution is 9.10. The lowest BCUT2D eigenvalue weighted by Gasteiger charge is -2.00. The van der Waals surface area contributed by atoms with Crippen LogP contribution in [0.15, 0.2) is 27.6 Å². The van der Waals surface area contributed by atoms with Crippen LogP contribution in [0.2, 0.25) is 0 Å². The van der Waals surface area contributed by atoms with E-state index in [-0.39, 0.29) is 5.56 Å². The first-order chi connectivity index (χ1) is 6.68. The van der Waals surface area contributed by atoms with Crippen molar-refractivity contribution in [3.63, 3.8) is 0 Å². The number of nitrogens with one attached hydrogen (secondary N) is 2. The van der Waals surface area contributed by atoms with Crippen LogP contribution in [0.5, 0.6) is 0 Å². The van der Waals surface area contributed by atoms with Crippen LogP contribution in [0, 0.1) is 6.92 Å². The smallest absolute Gasteiger partial charge is 0.265 e. The van der Waals surface area contributed by atoms with Gasteiger partial charge in [0.15, 0.2) is 5.82 Å². The van der Waals surface area contributed by atoms with E-state index in [1.54, 1.807) is 13.1 Å². The predicted molar refractivity (Wildman–Crippen MR) is 57.1 cm³/mol. The number of hydrogen-bond donors (Lipinski definition) is 2. The summed E-state index contributed by atoms with van der Waals surface area (Å²) in [7, 11) is 0. The van der Waals surface area contributed by atoms with Gasteiger partial charge in [0.25, 0.3) is 5.56 Å². The maximum atomic E-state index is 11.4. The quantitative estimate of drug-likeness (QED) is 0.815. The van der Waals surface area contributed by atoms with Crippen molar-refractivity contribution in [2.75, 3.05) is 0 Å². The van der Waals surface area contributed by atoms with E-state index < -0.39 is 0 Å². The number of halogens is 1. The van der Waals surface area contributed by atoms with Crippen LogP contribution in [-0.2, 0) is 0 Å². The lowest BCUT2D eigenvalue weighted by molar-refractivity contribution is 1.04. The van der Waals surface area contributed by atoms with Crippen molar-refractivity contribution >= 4 is 15.9 Å². The van der Waals surface area contributed by atoms with Crippen LogP contribution in [0.4, 0.5) is 0 Å². The van der Waals surface area contributed by atoms with E-state index in [1.165, 1.54) is 0 Å². The van der Waals surface area contributed by atoms with E-state index in [4.69, 9.17) is 0 Å². The Kier molecular flexibility index (Phi) is 2.25. The minimum Gasteiger partial charge on any atom is -0.359 e. The molecule has 14 heavy (non-hydrogen) atoms. The first kappa shape index (κ1) is 9.21. The van der Waals surface area contributed by atoms with Gasteiger partial charge in [-0.15, -0.1) is 0 Å². The lowest BCUT2D eigenvalue weighted by atomic mass is 10.3. The molecule has 0 amide bonds. The fourth-order valence-corrected chi connectivity index (χ4v) is 1.36. The molecule has 0 saturated heterocycles. The summed E-state index contributed by atoms with van der Waals surface area (Å²) in [6.07, 6.45) is 1.78. The van der Waals surface area contributed by atoms with Gasteiger partial charge >= 0.3 is 0 Å². The molecule has 0 aliphatic carbocycles. The summed E-state index contributed by atoms with van der Waals surface area (Å²) in [6, 6.07) is 3.71. The number of hydrogen-bond acceptors (Lipinski definition) is 2. The maximum absolute atomic E-state index is 11.4. The first-order valence-electron chi connectivity index (χ1n) is 4.08. The van der Waals surface area contributed by atoms with E-state index in [2.05, 4.69) is 30.9 Å². The number of H-pyrrole nitrogens is 2. The Hall–Kier alpha value is -1.36. The van der Waals surface area contributed by atoms with Gasteiger partial charge in [0.2, 0.25) is 0 Å². The second-order valence-electron chi connectivity index (χ2n) is 2.90. The molecule has 0 unspecified atom stereocenters. The maximum Gasteiger partial charge on any atom is 0.265 e. The van der Waals surface area contributed by atoms with Crippen LogP contribution < -0.4 is 5.56 Å². The molecule has 2 heterocycles. The molecule has 0 fully saturated rings. The van der Waals surface area contributed by atoms with Gasteiger partial charge in [-0.25, -0.2) is 4.98 Å². The fraction of sp³-hybridized carbons (Fsp3) is 0.111. The minimum atomic E-state index is -0.165. The second-order valence-corrected chi connectivity index (χ2v) is 3.69. The van der Waals surface area contributed by atoms with Gasteiger partial charge < -0.3 is 9.97 Å². The molecule has 2 N–H and O–H groups in total. The molecule has 5 heteroatoms. The molecule has 0 saturated carbocycles. The standard InChI is InChI=1S/C9H8BrN3O/c1-5-7(10)9(14)13-8(12-5)6-3-2-4-11-6/h2-4,11H,1H3,(H,12,13,14). The Morgan fingerprint density at radius 3 is 2.86 bits per heavy atom. The highest BCUT2D eigenvalue weighted by atomic mass is 79.9. The SMILES string of the molecule is Cc1nc(-c2ccc[nH]2)[nH]c(=O)c1Br. The van der Waals surface area contributed by atoms with Gasteiger partial charge in [0.1, 0.15) is 4.47 Å². The van der Waals surface area contributed by atoms with Crippen LogP contribution in [0.25, 0.3) is 11.5 Å². The molecule has 72 valence electrons. The van der Waals surface area contributed by atoms with Crippen molar-refractivity contribution in [3.8, 4) is 11.5 Å². The molecule has 0 bridgehead atoms. The third kappa shape index (κ3) is 1.50. The monoisotopic (exact) mass is 253 g/mol. The number of aromatic nitrogens is 3. The van der Waals surface area contributed by atoms with Crippen molar-refractivity contribution in [1.29, 1.82) is 0 Å². The van der Waals surface area contributed by atoms with E-state index in [0.717, 1.165) is 5.69 Å². The van der Waals surface area contributed by atoms with E-state index in [0.29, 0.717) is 16.0 Å². The summed E-state index contributed by atoms with van der Waals surface area (Å²) in [5.74, 6) is 0.556. The van der Waals surface area contributed by atoms with Gasteiger partial charge in [0, 0.05) is 6.20 Å². The van der Waals surface area contributed by atoms with Gasteiger partial charge in [-0.05, 0) is 35.0 Å². The molecule has 2 rings (SSSR count). The summed E-state index contributed by atoms with van der Waals surface area (Å²) in [6.45, 7) is 1.78. The summed E-state index contributed by atoms with van der Waals surface area (Å²) in [4.78, 5) is 21.3. The normalized spacial score (nSPS) is 10.4. The Morgan fingerprint density at radius 1 is 1.50 bits per heavy atom. The molecule has 0 aliphatic rings. The van der Waals surface area contributed by atoms with Crippen molar-refractivity contribution in [3.05, 3.63) is 38.9 Å². The summed E-state index contributed by atoms with van der Waals surface area (Å²) in [5, 5.41) is 0. The summed E-state index contributed by atoms with van der Waals surface area (Å²) < 4.78 is 0.479. The summed E-state index contributed by atoms with van der Waals surface area (Å²) in [5.41, 5.74) is 1.32. The van der Waals surface area contributed by atoms with Crippen LogP contribution in [0.1, 0.15) is 5.69 Å². The molecule has 4 nitrogen and oxygen atoms in total. The Bertz CT molecular complexity index is 501. The molecule has 2 aromatic heterocycles. The van der Waals surface area contributed by atoms with Crippen LogP contribution in [0.3, 0.4) is 0 Å². The zero-order chi connectivity index (χ0) is 10.1. The third-order valence-corrected chi connectivity index (χ3v) is 2.82. The molecule has 0 radical (unpaired) electrons. The highest BCUT2D eigenvalue weighted by Crippen LogP contribution is 2.13. The second kappa shape index (κ2) is 3.42. The van der Waals surface area contributed by atoms with Gasteiger partial charge in [-0.1, -0.05) is 0 Å². The van der Waals surface area contributed by atoms with Crippen LogP contribution in [-0.4, -0.2) is 15.0 Å². The average Bonchev–Trinajstić information content (AvgIpc) is 2.66. The Balaban J connectivity index is 2.63. The topological polar surface area (TPSA) is 61.5 Å². The lowest BCUT2D eigenvalue weighted by Crippen LogP contribution is -2.11. The average molecular weight is 254 g/mol. The molecule has 2 aromatic rings. The van der Waals surface area contributed by atoms with Crippen molar-refractivity contribution in [2.24, 2.45) is 0 Å². The molecule has 0 spiro atoms. The van der Waals surface area contributed by atoms with Crippen molar-refractivity contribution in [1.82, 2.24) is 15.0 Å². The van der Waals surface area contributed by atoms with E-state index >= 15 is 0 Å². The molecular formula is C9H8BrN3O.